The molecule has 0 aromatic heterocycles. The summed E-state index contributed by atoms with van der Waals surface area (Å²) >= 11 is 0. The summed E-state index contributed by atoms with van der Waals surface area (Å²) in [5.74, 6) is 0.966. The lowest BCUT2D eigenvalue weighted by Gasteiger charge is -2.33. The fraction of sp³-hybridized carbons (Fsp3) is 0.114. The Kier molecular flexibility index (Phi) is 6.36. The van der Waals surface area contributed by atoms with Crippen LogP contribution in [0.5, 0.6) is 0 Å². The molecule has 1 aliphatic rings. The van der Waals surface area contributed by atoms with Crippen molar-refractivity contribution in [1.82, 2.24) is 0 Å². The molecule has 186 valence electrons. The molecule has 3 heteroatoms. The van der Waals surface area contributed by atoms with E-state index in [0.717, 1.165) is 33.8 Å². The molecule has 1 aliphatic heterocycles. The number of nitrogens with zero attached hydrogens (tertiary/aromatic N) is 2. The minimum absolute atomic E-state index is 0.128. The Morgan fingerprint density at radius 1 is 0.632 bits per heavy atom. The number of hydrogen-bond donors (Lipinski definition) is 1. The van der Waals surface area contributed by atoms with Gasteiger partial charge in [0.05, 0.1) is 5.56 Å². The maximum Gasteiger partial charge on any atom is 0.288 e. The van der Waals surface area contributed by atoms with E-state index in [-0.39, 0.29) is 6.04 Å². The lowest BCUT2D eigenvalue weighted by atomic mass is 9.87. The van der Waals surface area contributed by atoms with Crippen molar-refractivity contribution in [3.63, 3.8) is 0 Å². The molecule has 3 atom stereocenters. The van der Waals surface area contributed by atoms with E-state index in [1.165, 1.54) is 0 Å². The molecule has 6 rings (SSSR count). The highest BCUT2D eigenvalue weighted by Crippen LogP contribution is 2.50. The van der Waals surface area contributed by atoms with Crippen LogP contribution in [0.2, 0.25) is 0 Å². The number of aliphatic hydroxyl groups is 1. The molecule has 38 heavy (non-hydrogen) atoms. The molecule has 3 nitrogen and oxygen atoms in total. The van der Waals surface area contributed by atoms with Crippen LogP contribution in [0.25, 0.3) is 0 Å². The summed E-state index contributed by atoms with van der Waals surface area (Å²) in [7, 11) is 0. The predicted molar refractivity (Wildman–Crippen MR) is 154 cm³/mol. The molecule has 0 spiro atoms. The standard InChI is InChI=1S/C35H31N2O/c1-27(28-17-7-2-8-18-28)37-34(30-21-11-4-12-22-30)36(32-25-15-6-16-26-32)33(29-19-9-3-10-20-29)35(37,38)31-23-13-5-14-24-31/h2-27,33,38H,1H3/q+1. The smallest absolute Gasteiger partial charge is 0.288 e. The molecule has 0 saturated carbocycles. The van der Waals surface area contributed by atoms with Gasteiger partial charge in [-0.2, -0.15) is 0 Å². The number of para-hydroxylation sites is 1. The van der Waals surface area contributed by atoms with Crippen molar-refractivity contribution in [1.29, 1.82) is 0 Å². The number of anilines is 1. The maximum absolute atomic E-state index is 13.3. The molecule has 0 radical (unpaired) electrons. The van der Waals surface area contributed by atoms with Gasteiger partial charge in [0.15, 0.2) is 6.04 Å². The van der Waals surface area contributed by atoms with E-state index in [4.69, 9.17) is 0 Å². The first-order valence-electron chi connectivity index (χ1n) is 13.1. The van der Waals surface area contributed by atoms with E-state index in [0.29, 0.717) is 0 Å². The lowest BCUT2D eigenvalue weighted by Crippen LogP contribution is -2.44. The van der Waals surface area contributed by atoms with Gasteiger partial charge in [-0.1, -0.05) is 127 Å². The van der Waals surface area contributed by atoms with Crippen LogP contribution in [0, 0.1) is 0 Å². The molecule has 5 aromatic rings. The van der Waals surface area contributed by atoms with E-state index in [2.05, 4.69) is 113 Å². The lowest BCUT2D eigenvalue weighted by molar-refractivity contribution is -0.695. The van der Waals surface area contributed by atoms with Gasteiger partial charge in [0.1, 0.15) is 11.7 Å². The van der Waals surface area contributed by atoms with Crippen LogP contribution in [-0.4, -0.2) is 15.5 Å². The van der Waals surface area contributed by atoms with Crippen LogP contribution < -0.4 is 4.90 Å². The van der Waals surface area contributed by atoms with E-state index in [1.807, 2.05) is 54.6 Å². The monoisotopic (exact) mass is 495 g/mol. The van der Waals surface area contributed by atoms with Crippen LogP contribution in [0.4, 0.5) is 5.69 Å². The third kappa shape index (κ3) is 4.02. The fourth-order valence-corrected chi connectivity index (χ4v) is 5.79. The Morgan fingerprint density at radius 3 is 1.68 bits per heavy atom. The first-order chi connectivity index (χ1) is 18.7. The molecular formula is C35H31N2O+. The van der Waals surface area contributed by atoms with Crippen molar-refractivity contribution in [2.45, 2.75) is 24.7 Å². The van der Waals surface area contributed by atoms with Crippen molar-refractivity contribution in [2.24, 2.45) is 0 Å². The normalized spacial score (nSPS) is 19.9. The highest BCUT2D eigenvalue weighted by atomic mass is 16.3. The Bertz CT molecular complexity index is 1520. The van der Waals surface area contributed by atoms with Crippen molar-refractivity contribution >= 4 is 11.5 Å². The molecule has 0 amide bonds. The van der Waals surface area contributed by atoms with Gasteiger partial charge in [0, 0.05) is 11.1 Å². The first kappa shape index (κ1) is 23.9. The van der Waals surface area contributed by atoms with E-state index in [1.54, 1.807) is 0 Å². The van der Waals surface area contributed by atoms with Crippen molar-refractivity contribution in [3.05, 3.63) is 174 Å². The summed E-state index contributed by atoms with van der Waals surface area (Å²) < 4.78 is 2.22. The van der Waals surface area contributed by atoms with Gasteiger partial charge in [-0.15, -0.1) is 0 Å². The van der Waals surface area contributed by atoms with Crippen molar-refractivity contribution < 1.29 is 9.68 Å². The van der Waals surface area contributed by atoms with Crippen LogP contribution in [0.15, 0.2) is 152 Å². The van der Waals surface area contributed by atoms with Crippen LogP contribution >= 0.6 is 0 Å². The summed E-state index contributed by atoms with van der Waals surface area (Å²) in [6.45, 7) is 2.18. The molecule has 0 saturated heterocycles. The third-order valence-electron chi connectivity index (χ3n) is 7.51. The minimum Gasteiger partial charge on any atom is -0.346 e. The molecule has 3 unspecified atom stereocenters. The predicted octanol–water partition coefficient (Wildman–Crippen LogP) is 7.31. The second-order valence-electron chi connectivity index (χ2n) is 9.76. The van der Waals surface area contributed by atoms with Gasteiger partial charge in [-0.25, -0.2) is 9.48 Å². The van der Waals surface area contributed by atoms with Gasteiger partial charge < -0.3 is 5.11 Å². The summed E-state index contributed by atoms with van der Waals surface area (Å²) in [5.41, 5.74) is 3.72. The molecule has 0 aliphatic carbocycles. The topological polar surface area (TPSA) is 26.5 Å². The Balaban J connectivity index is 1.74. The average molecular weight is 496 g/mol. The second kappa shape index (κ2) is 10.1. The molecule has 0 fully saturated rings. The SMILES string of the molecule is CC(c1ccccc1)[N+]1=C(c2ccccc2)N(c2ccccc2)C(c2ccccc2)C1(O)c1ccccc1. The van der Waals surface area contributed by atoms with Gasteiger partial charge in [0.2, 0.25) is 0 Å². The Morgan fingerprint density at radius 2 is 1.11 bits per heavy atom. The third-order valence-corrected chi connectivity index (χ3v) is 7.51. The maximum atomic E-state index is 13.3. The molecule has 1 heterocycles. The second-order valence-corrected chi connectivity index (χ2v) is 9.76. The molecule has 5 aromatic carbocycles. The van der Waals surface area contributed by atoms with Crippen LogP contribution in [0.1, 0.15) is 41.3 Å². The molecule has 0 bridgehead atoms. The Hall–Kier alpha value is -4.47. The van der Waals surface area contributed by atoms with Crippen molar-refractivity contribution in [3.8, 4) is 0 Å². The van der Waals surface area contributed by atoms with Gasteiger partial charge >= 0.3 is 0 Å². The van der Waals surface area contributed by atoms with Crippen LogP contribution in [-0.2, 0) is 5.72 Å². The van der Waals surface area contributed by atoms with E-state index >= 15 is 0 Å². The zero-order valence-electron chi connectivity index (χ0n) is 21.4. The summed E-state index contributed by atoms with van der Waals surface area (Å²) in [6.07, 6.45) is 0. The quantitative estimate of drug-likeness (QED) is 0.250. The van der Waals surface area contributed by atoms with Gasteiger partial charge in [0.25, 0.3) is 11.6 Å². The average Bonchev–Trinajstić information content (AvgIpc) is 3.29. The fourth-order valence-electron chi connectivity index (χ4n) is 5.79. The molecular weight excluding hydrogens is 464 g/mol. The zero-order valence-corrected chi connectivity index (χ0v) is 21.4. The number of benzene rings is 5. The van der Waals surface area contributed by atoms with E-state index < -0.39 is 11.8 Å². The summed E-state index contributed by atoms with van der Waals surface area (Å²) in [4.78, 5) is 2.32. The summed E-state index contributed by atoms with van der Waals surface area (Å²) in [6, 6.07) is 51.2. The van der Waals surface area contributed by atoms with Gasteiger partial charge in [-0.3, -0.25) is 0 Å². The minimum atomic E-state index is -1.38. The zero-order chi connectivity index (χ0) is 26.0. The molecule has 1 N–H and O–H groups in total. The highest BCUT2D eigenvalue weighted by Gasteiger charge is 2.62. The number of amidine groups is 1. The van der Waals surface area contributed by atoms with Crippen molar-refractivity contribution in [2.75, 3.05) is 4.90 Å². The number of rotatable bonds is 6. The highest BCUT2D eigenvalue weighted by molar-refractivity contribution is 6.08. The summed E-state index contributed by atoms with van der Waals surface area (Å²) in [5, 5.41) is 13.3. The van der Waals surface area contributed by atoms with Gasteiger partial charge in [-0.05, 0) is 36.8 Å². The largest absolute Gasteiger partial charge is 0.346 e. The first-order valence-corrected chi connectivity index (χ1v) is 13.1. The van der Waals surface area contributed by atoms with E-state index in [9.17, 15) is 5.11 Å². The Labute approximate surface area is 224 Å². The number of hydrogen-bond acceptors (Lipinski definition) is 2. The van der Waals surface area contributed by atoms with Crippen LogP contribution in [0.3, 0.4) is 0 Å².